The van der Waals surface area contributed by atoms with Gasteiger partial charge in [0.25, 0.3) is 0 Å². The molecule has 31 heavy (non-hydrogen) atoms. The van der Waals surface area contributed by atoms with Crippen molar-refractivity contribution in [3.63, 3.8) is 0 Å². The van der Waals surface area contributed by atoms with Gasteiger partial charge in [-0.1, -0.05) is 91.5 Å². The van der Waals surface area contributed by atoms with E-state index >= 15 is 0 Å². The third-order valence-corrected chi connectivity index (χ3v) is 13.4. The molecule has 0 fully saturated rings. The van der Waals surface area contributed by atoms with Crippen LogP contribution in [0.15, 0.2) is 42.5 Å². The molecular formula is C30H36Si. The predicted octanol–water partition coefficient (Wildman–Crippen LogP) is 8.67. The minimum absolute atomic E-state index is 0.401. The zero-order valence-electron chi connectivity index (χ0n) is 20.4. The summed E-state index contributed by atoms with van der Waals surface area (Å²) >= 11 is 0. The van der Waals surface area contributed by atoms with E-state index in [4.69, 9.17) is 6.42 Å². The highest BCUT2D eigenvalue weighted by atomic mass is 28.3. The lowest BCUT2D eigenvalue weighted by atomic mass is 9.87. The summed E-state index contributed by atoms with van der Waals surface area (Å²) in [7, 11) is -1.80. The van der Waals surface area contributed by atoms with Gasteiger partial charge in [0.05, 0.1) is 0 Å². The van der Waals surface area contributed by atoms with E-state index in [-0.39, 0.29) is 0 Å². The Morgan fingerprint density at radius 1 is 0.677 bits per heavy atom. The molecule has 0 saturated heterocycles. The largest absolute Gasteiger partial charge is 0.146 e. The summed E-state index contributed by atoms with van der Waals surface area (Å²) in [6, 6.07) is 15.2. The van der Waals surface area contributed by atoms with Gasteiger partial charge in [-0.25, -0.2) is 0 Å². The number of hydrogen-bond acceptors (Lipinski definition) is 0. The standard InChI is InChI=1S/C30H36Si/c1-10-24-13-11-15-26-28(24)19-29-25(14-12-16-27(29)30(26)20(2)3)17-18-31(21(4)5,22(6)7)23(8)9/h1,11-16,19-23H,2-9H3. The van der Waals surface area contributed by atoms with Gasteiger partial charge in [0.1, 0.15) is 8.07 Å². The minimum atomic E-state index is -1.80. The van der Waals surface area contributed by atoms with Crippen LogP contribution in [0.1, 0.15) is 78.0 Å². The maximum Gasteiger partial charge on any atom is 0.146 e. The number of terminal acetylenes is 1. The molecule has 160 valence electrons. The molecule has 3 aromatic rings. The highest BCUT2D eigenvalue weighted by Gasteiger charge is 2.41. The molecule has 3 rings (SSSR count). The van der Waals surface area contributed by atoms with Crippen molar-refractivity contribution in [1.82, 2.24) is 0 Å². The number of benzene rings is 3. The molecule has 0 bridgehead atoms. The molecule has 0 saturated carbocycles. The maximum atomic E-state index is 5.87. The summed E-state index contributed by atoms with van der Waals surface area (Å²) in [4.78, 5) is 0. The monoisotopic (exact) mass is 424 g/mol. The zero-order chi connectivity index (χ0) is 22.9. The summed E-state index contributed by atoms with van der Waals surface area (Å²) in [6.45, 7) is 18.7. The van der Waals surface area contributed by atoms with Crippen molar-refractivity contribution in [3.05, 3.63) is 59.2 Å². The fraction of sp³-hybridized carbons (Fsp3) is 0.400. The first-order valence-electron chi connectivity index (χ1n) is 11.6. The van der Waals surface area contributed by atoms with E-state index in [1.165, 1.54) is 21.7 Å². The Morgan fingerprint density at radius 2 is 1.16 bits per heavy atom. The minimum Gasteiger partial charge on any atom is -0.125 e. The van der Waals surface area contributed by atoms with Gasteiger partial charge in [-0.05, 0) is 67.8 Å². The molecule has 0 aliphatic heterocycles. The lowest BCUT2D eigenvalue weighted by Crippen LogP contribution is -2.43. The molecule has 0 spiro atoms. The molecule has 0 aromatic heterocycles. The lowest BCUT2D eigenvalue weighted by Gasteiger charge is -2.38. The third-order valence-electron chi connectivity index (χ3n) is 7.09. The lowest BCUT2D eigenvalue weighted by molar-refractivity contribution is 0.838. The third kappa shape index (κ3) is 3.93. The van der Waals surface area contributed by atoms with Crippen LogP contribution in [0.5, 0.6) is 0 Å². The van der Waals surface area contributed by atoms with Crippen molar-refractivity contribution >= 4 is 29.6 Å². The normalized spacial score (nSPS) is 12.1. The molecule has 0 radical (unpaired) electrons. The molecule has 0 heterocycles. The average molecular weight is 425 g/mol. The molecular weight excluding hydrogens is 388 g/mol. The van der Waals surface area contributed by atoms with Gasteiger partial charge in [-0.3, -0.25) is 0 Å². The smallest absolute Gasteiger partial charge is 0.125 e. The van der Waals surface area contributed by atoms with Gasteiger partial charge in [0.15, 0.2) is 0 Å². The molecule has 3 aromatic carbocycles. The van der Waals surface area contributed by atoms with Gasteiger partial charge in [0, 0.05) is 11.1 Å². The van der Waals surface area contributed by atoms with Crippen LogP contribution in [0, 0.1) is 23.8 Å². The number of fused-ring (bicyclic) bond motifs is 2. The van der Waals surface area contributed by atoms with E-state index in [0.29, 0.717) is 22.5 Å². The molecule has 0 aliphatic rings. The van der Waals surface area contributed by atoms with Crippen LogP contribution < -0.4 is 0 Å². The van der Waals surface area contributed by atoms with E-state index in [2.05, 4.69) is 109 Å². The highest BCUT2D eigenvalue weighted by molar-refractivity contribution is 6.90. The second-order valence-corrected chi connectivity index (χ2v) is 15.6. The van der Waals surface area contributed by atoms with Gasteiger partial charge >= 0.3 is 0 Å². The SMILES string of the molecule is C#Cc1cccc2c(C(C)C)c3cccc(C#C[Si](C(C)C)(C(C)C)C(C)C)c3cc12. The first kappa shape index (κ1) is 23.2. The van der Waals surface area contributed by atoms with Crippen LogP contribution in [0.25, 0.3) is 21.5 Å². The van der Waals surface area contributed by atoms with Crippen LogP contribution in [0.4, 0.5) is 0 Å². The van der Waals surface area contributed by atoms with E-state index < -0.39 is 8.07 Å². The maximum absolute atomic E-state index is 5.87. The van der Waals surface area contributed by atoms with E-state index in [1.54, 1.807) is 0 Å². The summed E-state index contributed by atoms with van der Waals surface area (Å²) in [6.07, 6.45) is 5.87. The van der Waals surface area contributed by atoms with Crippen LogP contribution in [-0.4, -0.2) is 8.07 Å². The van der Waals surface area contributed by atoms with Crippen molar-refractivity contribution in [1.29, 1.82) is 0 Å². The van der Waals surface area contributed by atoms with Crippen LogP contribution in [0.2, 0.25) is 16.6 Å². The van der Waals surface area contributed by atoms with E-state index in [1.807, 2.05) is 6.07 Å². The average Bonchev–Trinajstić information content (AvgIpc) is 2.71. The zero-order valence-corrected chi connectivity index (χ0v) is 21.4. The highest BCUT2D eigenvalue weighted by Crippen LogP contribution is 2.41. The van der Waals surface area contributed by atoms with Crippen LogP contribution in [-0.2, 0) is 0 Å². The van der Waals surface area contributed by atoms with E-state index in [0.717, 1.165) is 16.5 Å². The molecule has 0 aliphatic carbocycles. The van der Waals surface area contributed by atoms with Gasteiger partial charge in [0.2, 0.25) is 0 Å². The van der Waals surface area contributed by atoms with Gasteiger partial charge < -0.3 is 0 Å². The Labute approximate surface area is 190 Å². The Kier molecular flexibility index (Phi) is 6.69. The Bertz CT molecular complexity index is 1180. The molecule has 0 N–H and O–H groups in total. The second-order valence-electron chi connectivity index (χ2n) is 10.0. The van der Waals surface area contributed by atoms with Crippen molar-refractivity contribution < 1.29 is 0 Å². The Hall–Kier alpha value is -2.48. The van der Waals surface area contributed by atoms with Crippen LogP contribution >= 0.6 is 0 Å². The molecule has 0 amide bonds. The summed E-state index contributed by atoms with van der Waals surface area (Å²) in [5.41, 5.74) is 9.23. The summed E-state index contributed by atoms with van der Waals surface area (Å²) in [5.74, 6) is 6.99. The van der Waals surface area contributed by atoms with Gasteiger partial charge in [-0.15, -0.1) is 12.0 Å². The second kappa shape index (κ2) is 8.94. The number of rotatable bonds is 4. The fourth-order valence-corrected chi connectivity index (χ4v) is 10.9. The molecule has 0 unspecified atom stereocenters. The number of hydrogen-bond donors (Lipinski definition) is 0. The first-order chi connectivity index (χ1) is 14.6. The van der Waals surface area contributed by atoms with Crippen molar-refractivity contribution in [2.45, 2.75) is 77.9 Å². The predicted molar refractivity (Wildman–Crippen MR) is 141 cm³/mol. The molecule has 1 heteroatoms. The summed E-state index contributed by atoms with van der Waals surface area (Å²) in [5, 5.41) is 4.95. The fourth-order valence-electron chi connectivity index (χ4n) is 5.67. The summed E-state index contributed by atoms with van der Waals surface area (Å²) < 4.78 is 0. The van der Waals surface area contributed by atoms with E-state index in [9.17, 15) is 0 Å². The first-order valence-corrected chi connectivity index (χ1v) is 13.9. The van der Waals surface area contributed by atoms with Crippen molar-refractivity contribution in [3.8, 4) is 23.8 Å². The quantitative estimate of drug-likeness (QED) is 0.223. The molecule has 0 atom stereocenters. The Morgan fingerprint density at radius 3 is 1.61 bits per heavy atom. The topological polar surface area (TPSA) is 0 Å². The molecule has 0 nitrogen and oxygen atoms in total. The van der Waals surface area contributed by atoms with Crippen LogP contribution in [0.3, 0.4) is 0 Å². The van der Waals surface area contributed by atoms with Crippen molar-refractivity contribution in [2.75, 3.05) is 0 Å². The van der Waals surface area contributed by atoms with Gasteiger partial charge in [-0.2, -0.15) is 0 Å². The Balaban J connectivity index is 2.40. The van der Waals surface area contributed by atoms with Crippen molar-refractivity contribution in [2.24, 2.45) is 0 Å².